The molecular formula is C17H27NO3. The Bertz CT molecular complexity index is 424. The average Bonchev–Trinajstić information content (AvgIpc) is 2.46. The molecule has 0 aliphatic heterocycles. The van der Waals surface area contributed by atoms with E-state index in [-0.39, 0.29) is 6.10 Å². The van der Waals surface area contributed by atoms with Crippen molar-refractivity contribution in [1.29, 1.82) is 0 Å². The molecule has 1 aliphatic carbocycles. The maximum atomic E-state index is 9.95. The van der Waals surface area contributed by atoms with E-state index in [2.05, 4.69) is 5.32 Å². The van der Waals surface area contributed by atoms with E-state index in [1.165, 1.54) is 6.42 Å². The summed E-state index contributed by atoms with van der Waals surface area (Å²) in [6.45, 7) is 3.68. The molecule has 0 bridgehead atoms. The maximum Gasteiger partial charge on any atom is 0.122 e. The molecule has 1 saturated carbocycles. The van der Waals surface area contributed by atoms with Gasteiger partial charge in [0, 0.05) is 6.54 Å². The number of rotatable bonds is 7. The number of aliphatic hydroxyl groups is 2. The van der Waals surface area contributed by atoms with Gasteiger partial charge >= 0.3 is 0 Å². The molecule has 3 N–H and O–H groups in total. The normalized spacial score (nSPS) is 23.8. The van der Waals surface area contributed by atoms with Crippen LogP contribution in [0.15, 0.2) is 24.3 Å². The van der Waals surface area contributed by atoms with Crippen molar-refractivity contribution in [3.8, 4) is 5.75 Å². The lowest BCUT2D eigenvalue weighted by atomic mass is 9.87. The van der Waals surface area contributed by atoms with Crippen LogP contribution in [0.4, 0.5) is 0 Å². The Balaban J connectivity index is 1.61. The summed E-state index contributed by atoms with van der Waals surface area (Å²) in [4.78, 5) is 0. The molecule has 0 saturated heterocycles. The fourth-order valence-electron chi connectivity index (χ4n) is 2.87. The summed E-state index contributed by atoms with van der Waals surface area (Å²) in [6, 6.07) is 7.81. The van der Waals surface area contributed by atoms with Crippen LogP contribution in [0.2, 0.25) is 0 Å². The van der Waals surface area contributed by atoms with Gasteiger partial charge in [-0.3, -0.25) is 0 Å². The Morgan fingerprint density at radius 2 is 2.14 bits per heavy atom. The Kier molecular flexibility index (Phi) is 6.49. The predicted octanol–water partition coefficient (Wildman–Crippen LogP) is 1.88. The third-order valence-corrected chi connectivity index (χ3v) is 4.09. The highest BCUT2D eigenvalue weighted by Crippen LogP contribution is 2.23. The molecule has 4 heteroatoms. The molecular weight excluding hydrogens is 266 g/mol. The van der Waals surface area contributed by atoms with Crippen molar-refractivity contribution in [1.82, 2.24) is 5.32 Å². The zero-order valence-corrected chi connectivity index (χ0v) is 12.8. The van der Waals surface area contributed by atoms with Crippen LogP contribution >= 0.6 is 0 Å². The van der Waals surface area contributed by atoms with Crippen molar-refractivity contribution in [2.75, 3.05) is 19.7 Å². The first-order valence-corrected chi connectivity index (χ1v) is 7.90. The fourth-order valence-corrected chi connectivity index (χ4v) is 2.87. The molecule has 118 valence electrons. The van der Waals surface area contributed by atoms with Gasteiger partial charge in [0.25, 0.3) is 0 Å². The number of aryl methyl sites for hydroxylation is 1. The zero-order valence-electron chi connectivity index (χ0n) is 12.8. The summed E-state index contributed by atoms with van der Waals surface area (Å²) >= 11 is 0. The first kappa shape index (κ1) is 16.3. The molecule has 0 amide bonds. The van der Waals surface area contributed by atoms with Crippen LogP contribution < -0.4 is 10.1 Å². The smallest absolute Gasteiger partial charge is 0.122 e. The van der Waals surface area contributed by atoms with Gasteiger partial charge in [-0.15, -0.1) is 0 Å². The average molecular weight is 293 g/mol. The van der Waals surface area contributed by atoms with Crippen LogP contribution in [-0.2, 0) is 0 Å². The first-order chi connectivity index (χ1) is 10.1. The number of hydrogen-bond acceptors (Lipinski definition) is 4. The van der Waals surface area contributed by atoms with Crippen molar-refractivity contribution in [3.05, 3.63) is 29.8 Å². The van der Waals surface area contributed by atoms with Gasteiger partial charge in [-0.25, -0.2) is 0 Å². The largest absolute Gasteiger partial charge is 0.491 e. The molecule has 2 rings (SSSR count). The molecule has 1 aliphatic rings. The second-order valence-electron chi connectivity index (χ2n) is 6.08. The summed E-state index contributed by atoms with van der Waals surface area (Å²) in [5, 5.41) is 22.9. The van der Waals surface area contributed by atoms with Crippen molar-refractivity contribution in [3.63, 3.8) is 0 Å². The quantitative estimate of drug-likeness (QED) is 0.718. The second-order valence-corrected chi connectivity index (χ2v) is 6.08. The molecule has 1 aromatic carbocycles. The third-order valence-electron chi connectivity index (χ3n) is 4.09. The summed E-state index contributed by atoms with van der Waals surface area (Å²) in [5.41, 5.74) is 1.08. The van der Waals surface area contributed by atoms with Gasteiger partial charge < -0.3 is 20.3 Å². The van der Waals surface area contributed by atoms with Gasteiger partial charge in [0.1, 0.15) is 18.5 Å². The van der Waals surface area contributed by atoms with Crippen LogP contribution in [0.5, 0.6) is 5.75 Å². The minimum Gasteiger partial charge on any atom is -0.491 e. The van der Waals surface area contributed by atoms with Crippen LogP contribution in [0.1, 0.15) is 31.2 Å². The van der Waals surface area contributed by atoms with E-state index < -0.39 is 6.10 Å². The number of ether oxygens (including phenoxy) is 1. The van der Waals surface area contributed by atoms with E-state index >= 15 is 0 Å². The van der Waals surface area contributed by atoms with E-state index in [0.29, 0.717) is 19.1 Å². The predicted molar refractivity (Wildman–Crippen MR) is 83.5 cm³/mol. The minimum absolute atomic E-state index is 0.139. The molecule has 1 aromatic rings. The minimum atomic E-state index is -0.516. The van der Waals surface area contributed by atoms with Crippen LogP contribution in [0.3, 0.4) is 0 Å². The Hall–Kier alpha value is -1.10. The lowest BCUT2D eigenvalue weighted by Crippen LogP contribution is -2.36. The number of para-hydroxylation sites is 1. The number of hydrogen-bond donors (Lipinski definition) is 3. The highest BCUT2D eigenvalue weighted by molar-refractivity contribution is 5.31. The van der Waals surface area contributed by atoms with Gasteiger partial charge in [0.05, 0.1) is 6.10 Å². The topological polar surface area (TPSA) is 61.7 Å². The highest BCUT2D eigenvalue weighted by Gasteiger charge is 2.19. The van der Waals surface area contributed by atoms with E-state index in [9.17, 15) is 10.2 Å². The Morgan fingerprint density at radius 3 is 2.90 bits per heavy atom. The maximum absolute atomic E-state index is 9.95. The van der Waals surface area contributed by atoms with Crippen LogP contribution in [-0.4, -0.2) is 42.1 Å². The summed E-state index contributed by atoms with van der Waals surface area (Å²) in [6.07, 6.45) is 3.43. The van der Waals surface area contributed by atoms with Crippen molar-refractivity contribution in [2.24, 2.45) is 5.92 Å². The van der Waals surface area contributed by atoms with Crippen LogP contribution in [0, 0.1) is 12.8 Å². The molecule has 0 aromatic heterocycles. The number of benzene rings is 1. The van der Waals surface area contributed by atoms with Gasteiger partial charge in [0.15, 0.2) is 0 Å². The molecule has 1 fully saturated rings. The van der Waals surface area contributed by atoms with Crippen LogP contribution in [0.25, 0.3) is 0 Å². The summed E-state index contributed by atoms with van der Waals surface area (Å²) in [5.74, 6) is 1.35. The number of aliphatic hydroxyl groups excluding tert-OH is 2. The second kappa shape index (κ2) is 8.37. The number of nitrogens with one attached hydrogen (secondary N) is 1. The first-order valence-electron chi connectivity index (χ1n) is 7.90. The van der Waals surface area contributed by atoms with Gasteiger partial charge in [-0.1, -0.05) is 24.6 Å². The summed E-state index contributed by atoms with van der Waals surface area (Å²) < 4.78 is 5.63. The monoisotopic (exact) mass is 293 g/mol. The van der Waals surface area contributed by atoms with E-state index in [4.69, 9.17) is 4.74 Å². The molecule has 3 unspecified atom stereocenters. The van der Waals surface area contributed by atoms with Crippen molar-refractivity contribution in [2.45, 2.75) is 44.8 Å². The summed E-state index contributed by atoms with van der Waals surface area (Å²) in [7, 11) is 0. The molecule has 21 heavy (non-hydrogen) atoms. The lowest BCUT2D eigenvalue weighted by Gasteiger charge is -2.26. The SMILES string of the molecule is Cc1ccccc1OCC(O)CNCC1CCCC(O)C1. The standard InChI is InChI=1S/C17H27NO3/c1-13-5-2-3-8-17(13)21-12-16(20)11-18-10-14-6-4-7-15(19)9-14/h2-3,5,8,14-16,18-20H,4,6-7,9-12H2,1H3. The Labute approximate surface area is 127 Å². The molecule has 0 radical (unpaired) electrons. The molecule has 3 atom stereocenters. The van der Waals surface area contributed by atoms with E-state index in [1.54, 1.807) is 0 Å². The highest BCUT2D eigenvalue weighted by atomic mass is 16.5. The van der Waals surface area contributed by atoms with E-state index in [0.717, 1.165) is 37.1 Å². The fraction of sp³-hybridized carbons (Fsp3) is 0.647. The molecule has 0 spiro atoms. The lowest BCUT2D eigenvalue weighted by molar-refractivity contribution is 0.0902. The van der Waals surface area contributed by atoms with Crippen molar-refractivity contribution < 1.29 is 14.9 Å². The third kappa shape index (κ3) is 5.65. The zero-order chi connectivity index (χ0) is 15.1. The van der Waals surface area contributed by atoms with Gasteiger partial charge in [-0.05, 0) is 50.3 Å². The van der Waals surface area contributed by atoms with E-state index in [1.807, 2.05) is 31.2 Å². The molecule has 0 heterocycles. The Morgan fingerprint density at radius 1 is 1.33 bits per heavy atom. The molecule has 4 nitrogen and oxygen atoms in total. The van der Waals surface area contributed by atoms with Crippen molar-refractivity contribution >= 4 is 0 Å². The van der Waals surface area contributed by atoms with Gasteiger partial charge in [0.2, 0.25) is 0 Å². The van der Waals surface area contributed by atoms with Gasteiger partial charge in [-0.2, -0.15) is 0 Å².